The summed E-state index contributed by atoms with van der Waals surface area (Å²) >= 11 is 0. The maximum Gasteiger partial charge on any atom is 0.0792 e. The van der Waals surface area contributed by atoms with Crippen molar-refractivity contribution in [3.8, 4) is 0 Å². The number of nitrogen functional groups attached to an aromatic ring is 2. The van der Waals surface area contributed by atoms with Crippen molar-refractivity contribution in [3.63, 3.8) is 0 Å². The second-order valence-electron chi connectivity index (χ2n) is 5.37. The Morgan fingerprint density at radius 2 is 2.00 bits per heavy atom. The number of nitrogens with one attached hydrogen (secondary N) is 1. The standard InChI is InChI=1S/C16H24N4/c1-3-4-12-7-10-14(15(17)16(12)20-18)11-5-8-13(19-2)9-6-11/h3-4,7,10-11,13,20H,2,5-6,8-9,17-18H2,1H3/b4-3+. The van der Waals surface area contributed by atoms with Crippen LogP contribution < -0.4 is 17.0 Å². The van der Waals surface area contributed by atoms with Crippen molar-refractivity contribution in [2.24, 2.45) is 10.8 Å². The fourth-order valence-electron chi connectivity index (χ4n) is 3.06. The third-order valence-electron chi connectivity index (χ3n) is 4.20. The number of hydrazine groups is 1. The molecule has 20 heavy (non-hydrogen) atoms. The zero-order valence-corrected chi connectivity index (χ0v) is 12.1. The second-order valence-corrected chi connectivity index (χ2v) is 5.37. The zero-order chi connectivity index (χ0) is 14.5. The van der Waals surface area contributed by atoms with Crippen molar-refractivity contribution in [2.75, 3.05) is 11.2 Å². The number of aliphatic imine (C=N–C) groups is 1. The lowest BCUT2D eigenvalue weighted by atomic mass is 9.80. The van der Waals surface area contributed by atoms with Gasteiger partial charge in [-0.1, -0.05) is 24.3 Å². The fourth-order valence-corrected chi connectivity index (χ4v) is 3.06. The number of hydrogen-bond acceptors (Lipinski definition) is 4. The number of allylic oxidation sites excluding steroid dienone is 1. The van der Waals surface area contributed by atoms with Crippen LogP contribution in [0, 0.1) is 0 Å². The Balaban J connectivity index is 2.27. The van der Waals surface area contributed by atoms with E-state index in [1.165, 1.54) is 5.56 Å². The minimum Gasteiger partial charge on any atom is -0.397 e. The molecule has 2 rings (SSSR count). The molecule has 0 bridgehead atoms. The van der Waals surface area contributed by atoms with E-state index in [1.54, 1.807) is 0 Å². The summed E-state index contributed by atoms with van der Waals surface area (Å²) < 4.78 is 0. The third kappa shape index (κ3) is 2.85. The van der Waals surface area contributed by atoms with Gasteiger partial charge in [-0.15, -0.1) is 0 Å². The molecule has 0 spiro atoms. The van der Waals surface area contributed by atoms with E-state index in [1.807, 2.05) is 19.1 Å². The van der Waals surface area contributed by atoms with Crippen LogP contribution >= 0.6 is 0 Å². The van der Waals surface area contributed by atoms with Crippen molar-refractivity contribution >= 4 is 24.2 Å². The van der Waals surface area contributed by atoms with E-state index < -0.39 is 0 Å². The fraction of sp³-hybridized carbons (Fsp3) is 0.438. The average Bonchev–Trinajstić information content (AvgIpc) is 2.48. The van der Waals surface area contributed by atoms with Crippen LogP contribution in [0.4, 0.5) is 11.4 Å². The highest BCUT2D eigenvalue weighted by Gasteiger charge is 2.24. The lowest BCUT2D eigenvalue weighted by Gasteiger charge is -2.28. The van der Waals surface area contributed by atoms with Gasteiger partial charge in [-0.05, 0) is 50.8 Å². The van der Waals surface area contributed by atoms with Crippen molar-refractivity contribution in [1.29, 1.82) is 0 Å². The smallest absolute Gasteiger partial charge is 0.0792 e. The highest BCUT2D eigenvalue weighted by Crippen LogP contribution is 2.40. The Morgan fingerprint density at radius 1 is 1.30 bits per heavy atom. The molecule has 108 valence electrons. The number of nitrogens with zero attached hydrogens (tertiary/aromatic N) is 1. The SMILES string of the molecule is C=NC1CCC(c2ccc(/C=C/C)c(NN)c2N)CC1. The van der Waals surface area contributed by atoms with Gasteiger partial charge in [0, 0.05) is 11.6 Å². The first-order valence-corrected chi connectivity index (χ1v) is 7.18. The molecule has 0 unspecified atom stereocenters. The Morgan fingerprint density at radius 3 is 2.55 bits per heavy atom. The lowest BCUT2D eigenvalue weighted by molar-refractivity contribution is 0.399. The molecule has 0 aliphatic heterocycles. The summed E-state index contributed by atoms with van der Waals surface area (Å²) in [4.78, 5) is 4.15. The van der Waals surface area contributed by atoms with Gasteiger partial charge in [0.1, 0.15) is 0 Å². The van der Waals surface area contributed by atoms with E-state index in [2.05, 4.69) is 29.3 Å². The molecule has 4 nitrogen and oxygen atoms in total. The molecule has 0 saturated heterocycles. The summed E-state index contributed by atoms with van der Waals surface area (Å²) in [5.41, 5.74) is 12.9. The first kappa shape index (κ1) is 14.6. The first-order valence-electron chi connectivity index (χ1n) is 7.18. The van der Waals surface area contributed by atoms with Crippen LogP contribution in [0.5, 0.6) is 0 Å². The number of anilines is 2. The van der Waals surface area contributed by atoms with Crippen LogP contribution in [0.2, 0.25) is 0 Å². The van der Waals surface area contributed by atoms with Crippen molar-refractivity contribution in [3.05, 3.63) is 29.3 Å². The molecule has 1 fully saturated rings. The van der Waals surface area contributed by atoms with Crippen LogP contribution in [-0.4, -0.2) is 12.8 Å². The second kappa shape index (κ2) is 6.57. The van der Waals surface area contributed by atoms with Crippen LogP contribution in [0.25, 0.3) is 6.08 Å². The summed E-state index contributed by atoms with van der Waals surface area (Å²) in [6.07, 6.45) is 8.40. The molecule has 0 heterocycles. The summed E-state index contributed by atoms with van der Waals surface area (Å²) in [6, 6.07) is 4.64. The third-order valence-corrected chi connectivity index (χ3v) is 4.20. The molecule has 4 heteroatoms. The first-order chi connectivity index (χ1) is 9.71. The van der Waals surface area contributed by atoms with Crippen LogP contribution in [0.1, 0.15) is 49.7 Å². The number of nitrogens with two attached hydrogens (primary N) is 2. The number of rotatable bonds is 4. The van der Waals surface area contributed by atoms with Gasteiger partial charge in [-0.3, -0.25) is 10.8 Å². The Hall–Kier alpha value is -1.81. The molecular formula is C16H24N4. The summed E-state index contributed by atoms with van der Waals surface area (Å²) in [5, 5.41) is 0. The van der Waals surface area contributed by atoms with Gasteiger partial charge in [-0.2, -0.15) is 0 Å². The van der Waals surface area contributed by atoms with Crippen molar-refractivity contribution < 1.29 is 0 Å². The normalized spacial score (nSPS) is 22.9. The molecule has 1 aliphatic rings. The monoisotopic (exact) mass is 272 g/mol. The van der Waals surface area contributed by atoms with E-state index in [9.17, 15) is 0 Å². The van der Waals surface area contributed by atoms with Gasteiger partial charge in [0.05, 0.1) is 11.4 Å². The maximum atomic E-state index is 6.31. The topological polar surface area (TPSA) is 76.4 Å². The zero-order valence-electron chi connectivity index (χ0n) is 12.1. The van der Waals surface area contributed by atoms with Crippen LogP contribution in [0.15, 0.2) is 23.2 Å². The molecule has 0 atom stereocenters. The lowest BCUT2D eigenvalue weighted by Crippen LogP contribution is -2.18. The Bertz CT molecular complexity index is 499. The Kier molecular flexibility index (Phi) is 4.79. The molecule has 0 aromatic heterocycles. The van der Waals surface area contributed by atoms with Gasteiger partial charge in [0.15, 0.2) is 0 Å². The summed E-state index contributed by atoms with van der Waals surface area (Å²) in [7, 11) is 0. The molecule has 1 saturated carbocycles. The van der Waals surface area contributed by atoms with E-state index in [4.69, 9.17) is 11.6 Å². The summed E-state index contributed by atoms with van der Waals surface area (Å²) in [5.74, 6) is 6.14. The number of hydrogen-bond donors (Lipinski definition) is 3. The largest absolute Gasteiger partial charge is 0.397 e. The van der Waals surface area contributed by atoms with Gasteiger partial charge < -0.3 is 11.2 Å². The minimum atomic E-state index is 0.418. The Labute approximate surface area is 120 Å². The molecule has 1 aliphatic carbocycles. The van der Waals surface area contributed by atoms with Crippen LogP contribution in [-0.2, 0) is 0 Å². The van der Waals surface area contributed by atoms with E-state index in [0.29, 0.717) is 12.0 Å². The van der Waals surface area contributed by atoms with E-state index >= 15 is 0 Å². The van der Waals surface area contributed by atoms with E-state index in [-0.39, 0.29) is 0 Å². The molecule has 0 amide bonds. The quantitative estimate of drug-likeness (QED) is 0.340. The van der Waals surface area contributed by atoms with E-state index in [0.717, 1.165) is 42.6 Å². The minimum absolute atomic E-state index is 0.418. The molecular weight excluding hydrogens is 248 g/mol. The molecule has 0 radical (unpaired) electrons. The van der Waals surface area contributed by atoms with Crippen molar-refractivity contribution in [2.45, 2.75) is 44.6 Å². The average molecular weight is 272 g/mol. The highest BCUT2D eigenvalue weighted by atomic mass is 15.2. The molecule has 1 aromatic rings. The predicted molar refractivity (Wildman–Crippen MR) is 87.9 cm³/mol. The van der Waals surface area contributed by atoms with Gasteiger partial charge >= 0.3 is 0 Å². The molecule has 1 aromatic carbocycles. The molecule has 5 N–H and O–H groups in total. The van der Waals surface area contributed by atoms with Gasteiger partial charge in [0.25, 0.3) is 0 Å². The maximum absolute atomic E-state index is 6.31. The number of benzene rings is 1. The highest BCUT2D eigenvalue weighted by molar-refractivity contribution is 5.80. The van der Waals surface area contributed by atoms with Crippen LogP contribution in [0.3, 0.4) is 0 Å². The van der Waals surface area contributed by atoms with Gasteiger partial charge in [0.2, 0.25) is 0 Å². The predicted octanol–water partition coefficient (Wildman–Crippen LogP) is 3.31. The van der Waals surface area contributed by atoms with Crippen molar-refractivity contribution in [1.82, 2.24) is 0 Å². The van der Waals surface area contributed by atoms with Gasteiger partial charge in [-0.25, -0.2) is 0 Å². The summed E-state index contributed by atoms with van der Waals surface area (Å²) in [6.45, 7) is 5.63.